The summed E-state index contributed by atoms with van der Waals surface area (Å²) >= 11 is 1.19. The smallest absolute Gasteiger partial charge is 0.271 e. The first kappa shape index (κ1) is 15.9. The van der Waals surface area contributed by atoms with E-state index in [2.05, 4.69) is 9.71 Å². The molecule has 0 bridgehead atoms. The van der Waals surface area contributed by atoms with Crippen LogP contribution in [0.5, 0.6) is 0 Å². The molecule has 3 aromatic heterocycles. The van der Waals surface area contributed by atoms with Gasteiger partial charge in [-0.15, -0.1) is 11.3 Å². The van der Waals surface area contributed by atoms with Gasteiger partial charge in [-0.05, 0) is 48.2 Å². The van der Waals surface area contributed by atoms with Crippen molar-refractivity contribution in [1.82, 2.24) is 9.38 Å². The highest BCUT2D eigenvalue weighted by Crippen LogP contribution is 2.24. The molecule has 1 aromatic carbocycles. The number of nitrogens with one attached hydrogen (secondary N) is 1. The fourth-order valence-corrected chi connectivity index (χ4v) is 4.61. The molecule has 1 N–H and O–H groups in total. The number of benzene rings is 1. The van der Waals surface area contributed by atoms with Gasteiger partial charge in [0.2, 0.25) is 0 Å². The summed E-state index contributed by atoms with van der Waals surface area (Å²) < 4.78 is 29.4. The normalized spacial score (nSPS) is 11.7. The molecule has 0 aliphatic heterocycles. The third kappa shape index (κ3) is 3.16. The van der Waals surface area contributed by atoms with Crippen molar-refractivity contribution in [3.63, 3.8) is 0 Å². The highest BCUT2D eigenvalue weighted by Gasteiger charge is 2.15. The van der Waals surface area contributed by atoms with Crippen molar-refractivity contribution in [2.45, 2.75) is 11.1 Å². The van der Waals surface area contributed by atoms with E-state index < -0.39 is 10.0 Å². The monoisotopic (exact) mass is 369 g/mol. The molecule has 0 aliphatic carbocycles. The summed E-state index contributed by atoms with van der Waals surface area (Å²) in [6.07, 6.45) is 3.93. The third-order valence-electron chi connectivity index (χ3n) is 3.81. The Balaban J connectivity index is 1.61. The van der Waals surface area contributed by atoms with Gasteiger partial charge >= 0.3 is 0 Å². The molecule has 25 heavy (non-hydrogen) atoms. The summed E-state index contributed by atoms with van der Waals surface area (Å²) in [5.41, 5.74) is 4.34. The van der Waals surface area contributed by atoms with E-state index in [4.69, 9.17) is 0 Å². The quantitative estimate of drug-likeness (QED) is 0.587. The van der Waals surface area contributed by atoms with E-state index in [9.17, 15) is 8.42 Å². The number of sulfonamides is 1. The van der Waals surface area contributed by atoms with Crippen LogP contribution in [0.4, 0.5) is 5.69 Å². The Bertz CT molecular complexity index is 1130. The molecule has 7 heteroatoms. The molecule has 0 saturated heterocycles. The van der Waals surface area contributed by atoms with Crippen molar-refractivity contribution in [2.75, 3.05) is 4.72 Å². The zero-order valence-electron chi connectivity index (χ0n) is 13.4. The highest BCUT2D eigenvalue weighted by molar-refractivity contribution is 7.94. The second kappa shape index (κ2) is 6.02. The van der Waals surface area contributed by atoms with E-state index in [1.807, 2.05) is 48.0 Å². The second-order valence-electron chi connectivity index (χ2n) is 5.71. The van der Waals surface area contributed by atoms with E-state index >= 15 is 0 Å². The van der Waals surface area contributed by atoms with E-state index in [0.29, 0.717) is 9.90 Å². The Morgan fingerprint density at radius 2 is 1.92 bits per heavy atom. The van der Waals surface area contributed by atoms with Crippen LogP contribution >= 0.6 is 11.3 Å². The van der Waals surface area contributed by atoms with Gasteiger partial charge in [0.1, 0.15) is 9.86 Å². The lowest BCUT2D eigenvalue weighted by Gasteiger charge is -2.06. The molecule has 0 radical (unpaired) electrons. The van der Waals surface area contributed by atoms with Crippen molar-refractivity contribution in [2.24, 2.45) is 0 Å². The van der Waals surface area contributed by atoms with Crippen molar-refractivity contribution in [3.8, 4) is 11.3 Å². The molecular formula is C18H15N3O2S2. The maximum Gasteiger partial charge on any atom is 0.271 e. The molecule has 0 aliphatic rings. The number of hydrogen-bond acceptors (Lipinski definition) is 4. The molecule has 0 fully saturated rings. The number of aryl methyl sites for hydroxylation is 1. The maximum atomic E-state index is 12.3. The lowest BCUT2D eigenvalue weighted by atomic mass is 10.1. The predicted molar refractivity (Wildman–Crippen MR) is 100 cm³/mol. The van der Waals surface area contributed by atoms with Gasteiger partial charge in [0, 0.05) is 23.6 Å². The number of hydrogen-bond donors (Lipinski definition) is 1. The third-order valence-corrected chi connectivity index (χ3v) is 6.59. The van der Waals surface area contributed by atoms with Crippen molar-refractivity contribution < 1.29 is 8.42 Å². The molecule has 5 nitrogen and oxygen atoms in total. The number of thiophene rings is 1. The molecular weight excluding hydrogens is 354 g/mol. The fourth-order valence-electron chi connectivity index (χ4n) is 2.55. The Hall–Kier alpha value is -2.64. The average molecular weight is 369 g/mol. The topological polar surface area (TPSA) is 63.5 Å². The number of pyridine rings is 1. The molecule has 0 atom stereocenters. The van der Waals surface area contributed by atoms with Crippen LogP contribution in [0.15, 0.2) is 70.5 Å². The van der Waals surface area contributed by atoms with Gasteiger partial charge in [0.15, 0.2) is 0 Å². The van der Waals surface area contributed by atoms with Crippen molar-refractivity contribution >= 4 is 32.7 Å². The minimum atomic E-state index is -3.52. The highest BCUT2D eigenvalue weighted by atomic mass is 32.2. The molecule has 4 aromatic rings. The molecule has 0 spiro atoms. The zero-order chi connectivity index (χ0) is 17.4. The van der Waals surface area contributed by atoms with Crippen molar-refractivity contribution in [3.05, 3.63) is 71.9 Å². The standard InChI is InChI=1S/C18H15N3O2S2/c1-13-8-9-21-12-16(19-17(21)11-13)14-4-6-15(7-5-14)20-25(22,23)18-3-2-10-24-18/h2-12,20H,1H3. The summed E-state index contributed by atoms with van der Waals surface area (Å²) in [6, 6.07) is 14.6. The van der Waals surface area contributed by atoms with Crippen LogP contribution < -0.4 is 4.72 Å². The Morgan fingerprint density at radius 1 is 1.12 bits per heavy atom. The van der Waals surface area contributed by atoms with Gasteiger partial charge in [-0.3, -0.25) is 4.72 Å². The van der Waals surface area contributed by atoms with E-state index in [-0.39, 0.29) is 0 Å². The van der Waals surface area contributed by atoms with Crippen LogP contribution in [-0.2, 0) is 10.0 Å². The predicted octanol–water partition coefficient (Wildman–Crippen LogP) is 4.17. The van der Waals surface area contributed by atoms with Crippen LogP contribution in [0.3, 0.4) is 0 Å². The largest absolute Gasteiger partial charge is 0.306 e. The SMILES string of the molecule is Cc1ccn2cc(-c3ccc(NS(=O)(=O)c4cccs4)cc3)nc2c1. The van der Waals surface area contributed by atoms with Crippen molar-refractivity contribution in [1.29, 1.82) is 0 Å². The van der Waals surface area contributed by atoms with Crippen LogP contribution in [-0.4, -0.2) is 17.8 Å². The molecule has 126 valence electrons. The molecule has 3 heterocycles. The number of nitrogens with zero attached hydrogens (tertiary/aromatic N) is 2. The summed E-state index contributed by atoms with van der Waals surface area (Å²) in [7, 11) is -3.52. The lowest BCUT2D eigenvalue weighted by Crippen LogP contribution is -2.11. The molecule has 4 rings (SSSR count). The van der Waals surface area contributed by atoms with Crippen LogP contribution in [0.1, 0.15) is 5.56 Å². The number of fused-ring (bicyclic) bond motifs is 1. The van der Waals surface area contributed by atoms with Crippen LogP contribution in [0, 0.1) is 6.92 Å². The zero-order valence-corrected chi connectivity index (χ0v) is 15.0. The number of anilines is 1. The summed E-state index contributed by atoms with van der Waals surface area (Å²) in [4.78, 5) is 4.61. The summed E-state index contributed by atoms with van der Waals surface area (Å²) in [6.45, 7) is 2.03. The Labute approximate surface area is 149 Å². The van der Waals surface area contributed by atoms with E-state index in [1.165, 1.54) is 11.3 Å². The van der Waals surface area contributed by atoms with Gasteiger partial charge in [0.25, 0.3) is 10.0 Å². The van der Waals surface area contributed by atoms with Crippen LogP contribution in [0.25, 0.3) is 16.9 Å². The number of rotatable bonds is 4. The summed E-state index contributed by atoms with van der Waals surface area (Å²) in [5, 5.41) is 1.74. The van der Waals surface area contributed by atoms with Gasteiger partial charge in [-0.1, -0.05) is 18.2 Å². The Morgan fingerprint density at radius 3 is 2.64 bits per heavy atom. The summed E-state index contributed by atoms with van der Waals surface area (Å²) in [5.74, 6) is 0. The minimum Gasteiger partial charge on any atom is -0.306 e. The van der Waals surface area contributed by atoms with E-state index in [1.54, 1.807) is 29.6 Å². The first-order valence-corrected chi connectivity index (χ1v) is 10.00. The van der Waals surface area contributed by atoms with Crippen LogP contribution in [0.2, 0.25) is 0 Å². The number of imidazole rings is 1. The Kier molecular flexibility index (Phi) is 3.82. The fraction of sp³-hybridized carbons (Fsp3) is 0.0556. The molecule has 0 amide bonds. The lowest BCUT2D eigenvalue weighted by molar-refractivity contribution is 0.603. The van der Waals surface area contributed by atoms with E-state index in [0.717, 1.165) is 22.5 Å². The van der Waals surface area contributed by atoms with Gasteiger partial charge < -0.3 is 4.40 Å². The first-order chi connectivity index (χ1) is 12.0. The minimum absolute atomic E-state index is 0.298. The second-order valence-corrected chi connectivity index (χ2v) is 8.57. The van der Waals surface area contributed by atoms with Gasteiger partial charge in [-0.25, -0.2) is 13.4 Å². The maximum absolute atomic E-state index is 12.3. The molecule has 0 unspecified atom stereocenters. The van der Waals surface area contributed by atoms with Gasteiger partial charge in [-0.2, -0.15) is 0 Å². The molecule has 0 saturated carbocycles. The first-order valence-electron chi connectivity index (χ1n) is 7.63. The number of aromatic nitrogens is 2. The van der Waals surface area contributed by atoms with Gasteiger partial charge in [0.05, 0.1) is 5.69 Å². The average Bonchev–Trinajstić information content (AvgIpc) is 3.24.